The first-order chi connectivity index (χ1) is 14.8. The average Bonchev–Trinajstić information content (AvgIpc) is 2.72. The van der Waals surface area contributed by atoms with Crippen molar-refractivity contribution in [1.29, 1.82) is 0 Å². The number of hydrogen-bond acceptors (Lipinski definition) is 8. The van der Waals surface area contributed by atoms with Gasteiger partial charge in [0.05, 0.1) is 17.9 Å². The molecule has 168 valence electrons. The summed E-state index contributed by atoms with van der Waals surface area (Å²) >= 11 is 0. The SMILES string of the molecule is C[C@@H]1CN(c2ccnc3nccnc23)C[C@H](CN2CCN(C(=O)OC(C)(C)C)CC2)O1. The number of carbonyl (C=O) groups is 1. The summed E-state index contributed by atoms with van der Waals surface area (Å²) in [6, 6.07) is 2.01. The van der Waals surface area contributed by atoms with Gasteiger partial charge in [-0.1, -0.05) is 0 Å². The molecule has 0 radical (unpaired) electrons. The Bertz CT molecular complexity index is 904. The van der Waals surface area contributed by atoms with E-state index in [4.69, 9.17) is 9.47 Å². The van der Waals surface area contributed by atoms with Gasteiger partial charge in [0.25, 0.3) is 0 Å². The Hall–Kier alpha value is -2.52. The van der Waals surface area contributed by atoms with Crippen LogP contribution in [0, 0.1) is 0 Å². The third-order valence-electron chi connectivity index (χ3n) is 5.50. The van der Waals surface area contributed by atoms with Crippen LogP contribution in [0.5, 0.6) is 0 Å². The standard InChI is InChI=1S/C22H32N6O3/c1-16-13-28(18-5-6-24-20-19(18)23-7-8-25-20)15-17(30-16)14-26-9-11-27(12-10-26)21(29)31-22(2,3)4/h5-8,16-17H,9-15H2,1-4H3/t16-,17+/m1/s1. The van der Waals surface area contributed by atoms with E-state index in [1.54, 1.807) is 23.5 Å². The molecule has 2 saturated heterocycles. The lowest BCUT2D eigenvalue weighted by Crippen LogP contribution is -2.55. The molecule has 4 heterocycles. The van der Waals surface area contributed by atoms with Crippen molar-refractivity contribution in [2.45, 2.75) is 45.5 Å². The van der Waals surface area contributed by atoms with Crippen LogP contribution in [0.2, 0.25) is 0 Å². The maximum absolute atomic E-state index is 12.3. The molecule has 4 rings (SSSR count). The minimum atomic E-state index is -0.467. The van der Waals surface area contributed by atoms with E-state index < -0.39 is 5.60 Å². The van der Waals surface area contributed by atoms with Crippen LogP contribution in [0.25, 0.3) is 11.2 Å². The third-order valence-corrected chi connectivity index (χ3v) is 5.50. The molecule has 0 N–H and O–H groups in total. The van der Waals surface area contributed by atoms with Crippen molar-refractivity contribution in [3.8, 4) is 0 Å². The summed E-state index contributed by atoms with van der Waals surface area (Å²) in [5.41, 5.74) is 2.07. The van der Waals surface area contributed by atoms with E-state index >= 15 is 0 Å². The number of anilines is 1. The Morgan fingerprint density at radius 1 is 1.10 bits per heavy atom. The molecule has 2 aliphatic heterocycles. The van der Waals surface area contributed by atoms with Crippen LogP contribution >= 0.6 is 0 Å². The first-order valence-corrected chi connectivity index (χ1v) is 10.9. The number of pyridine rings is 1. The number of rotatable bonds is 3. The predicted molar refractivity (Wildman–Crippen MR) is 118 cm³/mol. The highest BCUT2D eigenvalue weighted by molar-refractivity contribution is 5.85. The highest BCUT2D eigenvalue weighted by Crippen LogP contribution is 2.26. The number of carbonyl (C=O) groups excluding carboxylic acids is 1. The molecule has 0 bridgehead atoms. The maximum atomic E-state index is 12.3. The minimum absolute atomic E-state index is 0.0803. The normalized spacial score (nSPS) is 23.2. The second kappa shape index (κ2) is 8.92. The molecule has 0 unspecified atom stereocenters. The van der Waals surface area contributed by atoms with Gasteiger partial charge in [-0.3, -0.25) is 4.90 Å². The first-order valence-electron chi connectivity index (χ1n) is 10.9. The van der Waals surface area contributed by atoms with Crippen LogP contribution in [0.3, 0.4) is 0 Å². The van der Waals surface area contributed by atoms with Crippen molar-refractivity contribution in [2.24, 2.45) is 0 Å². The lowest BCUT2D eigenvalue weighted by atomic mass is 10.1. The topological polar surface area (TPSA) is 83.9 Å². The fraction of sp³-hybridized carbons (Fsp3) is 0.636. The van der Waals surface area contributed by atoms with Crippen molar-refractivity contribution in [1.82, 2.24) is 24.8 Å². The summed E-state index contributed by atoms with van der Waals surface area (Å²) < 4.78 is 11.7. The quantitative estimate of drug-likeness (QED) is 0.736. The van der Waals surface area contributed by atoms with Gasteiger partial charge in [0.2, 0.25) is 0 Å². The van der Waals surface area contributed by atoms with Gasteiger partial charge in [-0.15, -0.1) is 0 Å². The van der Waals surface area contributed by atoms with Crippen molar-refractivity contribution < 1.29 is 14.3 Å². The zero-order valence-corrected chi connectivity index (χ0v) is 18.8. The molecule has 0 spiro atoms. The molecule has 9 nitrogen and oxygen atoms in total. The number of fused-ring (bicyclic) bond motifs is 1. The van der Waals surface area contributed by atoms with Crippen LogP contribution in [0.4, 0.5) is 10.5 Å². The molecule has 0 aliphatic carbocycles. The van der Waals surface area contributed by atoms with Crippen molar-refractivity contribution in [2.75, 3.05) is 50.7 Å². The number of hydrogen-bond donors (Lipinski definition) is 0. The van der Waals surface area contributed by atoms with E-state index in [0.717, 1.165) is 43.9 Å². The minimum Gasteiger partial charge on any atom is -0.444 e. The molecule has 1 amide bonds. The molecule has 0 aromatic carbocycles. The molecule has 2 atom stereocenters. The van der Waals surface area contributed by atoms with E-state index in [1.807, 2.05) is 26.8 Å². The average molecular weight is 429 g/mol. The van der Waals surface area contributed by atoms with Crippen molar-refractivity contribution in [3.63, 3.8) is 0 Å². The van der Waals surface area contributed by atoms with Gasteiger partial charge in [-0.25, -0.2) is 19.7 Å². The van der Waals surface area contributed by atoms with Gasteiger partial charge in [0, 0.05) is 64.4 Å². The summed E-state index contributed by atoms with van der Waals surface area (Å²) in [6.07, 6.45) is 5.13. The van der Waals surface area contributed by atoms with Crippen LogP contribution in [-0.4, -0.2) is 94.5 Å². The zero-order chi connectivity index (χ0) is 22.0. The Kier molecular flexibility index (Phi) is 6.24. The number of ether oxygens (including phenoxy) is 2. The van der Waals surface area contributed by atoms with Crippen molar-refractivity contribution >= 4 is 22.9 Å². The van der Waals surface area contributed by atoms with Gasteiger partial charge in [-0.2, -0.15) is 0 Å². The summed E-state index contributed by atoms with van der Waals surface area (Å²) in [6.45, 7) is 13.2. The Labute approximate surface area is 183 Å². The second-order valence-electron chi connectivity index (χ2n) is 9.30. The largest absolute Gasteiger partial charge is 0.444 e. The molecular formula is C22H32N6O3. The summed E-state index contributed by atoms with van der Waals surface area (Å²) in [7, 11) is 0. The Morgan fingerprint density at radius 2 is 1.81 bits per heavy atom. The van der Waals surface area contributed by atoms with Crippen LogP contribution < -0.4 is 4.90 Å². The fourth-order valence-electron chi connectivity index (χ4n) is 4.19. The van der Waals surface area contributed by atoms with E-state index in [2.05, 4.69) is 31.7 Å². The molecule has 2 aliphatic rings. The molecular weight excluding hydrogens is 396 g/mol. The number of amides is 1. The zero-order valence-electron chi connectivity index (χ0n) is 18.8. The predicted octanol–water partition coefficient (Wildman–Crippen LogP) is 2.17. The molecule has 2 fully saturated rings. The summed E-state index contributed by atoms with van der Waals surface area (Å²) in [5.74, 6) is 0. The van der Waals surface area contributed by atoms with Crippen LogP contribution in [0.15, 0.2) is 24.7 Å². The summed E-state index contributed by atoms with van der Waals surface area (Å²) in [4.78, 5) is 31.9. The van der Waals surface area contributed by atoms with E-state index in [0.29, 0.717) is 18.7 Å². The smallest absolute Gasteiger partial charge is 0.410 e. The molecule has 2 aromatic rings. The maximum Gasteiger partial charge on any atom is 0.410 e. The van der Waals surface area contributed by atoms with Gasteiger partial charge < -0.3 is 19.3 Å². The van der Waals surface area contributed by atoms with E-state index in [9.17, 15) is 4.79 Å². The number of morpholine rings is 1. The number of aromatic nitrogens is 3. The van der Waals surface area contributed by atoms with Gasteiger partial charge in [0.15, 0.2) is 5.65 Å². The molecule has 31 heavy (non-hydrogen) atoms. The lowest BCUT2D eigenvalue weighted by Gasteiger charge is -2.42. The summed E-state index contributed by atoms with van der Waals surface area (Å²) in [5, 5.41) is 0. The highest BCUT2D eigenvalue weighted by Gasteiger charge is 2.31. The van der Waals surface area contributed by atoms with E-state index in [-0.39, 0.29) is 18.3 Å². The first kappa shape index (κ1) is 21.7. The van der Waals surface area contributed by atoms with Crippen LogP contribution in [0.1, 0.15) is 27.7 Å². The Morgan fingerprint density at radius 3 is 2.55 bits per heavy atom. The molecule has 9 heteroatoms. The third kappa shape index (κ3) is 5.40. The molecule has 0 saturated carbocycles. The van der Waals surface area contributed by atoms with Gasteiger partial charge in [-0.05, 0) is 33.8 Å². The van der Waals surface area contributed by atoms with E-state index in [1.165, 1.54) is 0 Å². The molecule has 2 aromatic heterocycles. The van der Waals surface area contributed by atoms with Gasteiger partial charge >= 0.3 is 6.09 Å². The Balaban J connectivity index is 1.36. The highest BCUT2D eigenvalue weighted by atomic mass is 16.6. The number of piperazine rings is 1. The lowest BCUT2D eigenvalue weighted by molar-refractivity contribution is -0.0393. The van der Waals surface area contributed by atoms with Gasteiger partial charge in [0.1, 0.15) is 11.1 Å². The van der Waals surface area contributed by atoms with Crippen molar-refractivity contribution in [3.05, 3.63) is 24.7 Å². The monoisotopic (exact) mass is 428 g/mol. The fourth-order valence-corrected chi connectivity index (χ4v) is 4.19. The second-order valence-corrected chi connectivity index (χ2v) is 9.30. The number of nitrogens with zero attached hydrogens (tertiary/aromatic N) is 6. The van der Waals surface area contributed by atoms with Crippen LogP contribution in [-0.2, 0) is 9.47 Å².